The molecule has 1 aliphatic rings. The minimum absolute atomic E-state index is 0.0182. The highest BCUT2D eigenvalue weighted by molar-refractivity contribution is 7.92. The van der Waals surface area contributed by atoms with Crippen molar-refractivity contribution in [3.8, 4) is 5.75 Å². The first-order valence-corrected chi connectivity index (χ1v) is 16.2. The van der Waals surface area contributed by atoms with Crippen LogP contribution in [0.2, 0.25) is 5.02 Å². The molecule has 3 aromatic rings. The zero-order valence-electron chi connectivity index (χ0n) is 24.3. The minimum Gasteiger partial charge on any atom is -0.497 e. The number of benzene rings is 3. The molecule has 43 heavy (non-hydrogen) atoms. The van der Waals surface area contributed by atoms with Gasteiger partial charge in [0.2, 0.25) is 11.8 Å². The number of hydrogen-bond donors (Lipinski definition) is 1. The second kappa shape index (κ2) is 14.7. The fraction of sp³-hybridized carbons (Fsp3) is 0.375. The molecule has 1 fully saturated rings. The highest BCUT2D eigenvalue weighted by atomic mass is 35.5. The summed E-state index contributed by atoms with van der Waals surface area (Å²) in [5.41, 5.74) is 0.726. The third-order valence-corrected chi connectivity index (χ3v) is 9.70. The number of carbonyl (C=O) groups excluding carboxylic acids is 2. The summed E-state index contributed by atoms with van der Waals surface area (Å²) in [6.45, 7) is 1.21. The van der Waals surface area contributed by atoms with Crippen LogP contribution < -0.4 is 14.4 Å². The molecule has 0 aromatic heterocycles. The van der Waals surface area contributed by atoms with Crippen LogP contribution in [0.3, 0.4) is 0 Å². The van der Waals surface area contributed by atoms with E-state index in [4.69, 9.17) is 16.3 Å². The Morgan fingerprint density at radius 1 is 1.02 bits per heavy atom. The number of sulfonamides is 1. The number of nitrogens with zero attached hydrogens (tertiary/aromatic N) is 2. The van der Waals surface area contributed by atoms with Gasteiger partial charge in [-0.3, -0.25) is 13.9 Å². The number of carbonyl (C=O) groups is 2. The number of amides is 2. The first-order valence-electron chi connectivity index (χ1n) is 14.4. The summed E-state index contributed by atoms with van der Waals surface area (Å²) in [7, 11) is -2.75. The molecular formula is C32H37ClFN3O5S. The highest BCUT2D eigenvalue weighted by Crippen LogP contribution is 2.29. The van der Waals surface area contributed by atoms with E-state index >= 15 is 0 Å². The van der Waals surface area contributed by atoms with E-state index in [0.717, 1.165) is 42.5 Å². The van der Waals surface area contributed by atoms with E-state index in [0.29, 0.717) is 17.7 Å². The first-order chi connectivity index (χ1) is 20.6. The Morgan fingerprint density at radius 2 is 1.74 bits per heavy atom. The van der Waals surface area contributed by atoms with Crippen LogP contribution in [0.25, 0.3) is 0 Å². The van der Waals surface area contributed by atoms with Gasteiger partial charge >= 0.3 is 0 Å². The SMILES string of the molecule is CC[C@H](C(=O)NC1CCCCC1)N(Cc1cccc(OC)c1)C(=O)CN(c1ccc(F)c(Cl)c1)S(=O)(=O)c1ccccc1. The topological polar surface area (TPSA) is 96.0 Å². The van der Waals surface area contributed by atoms with Crippen molar-refractivity contribution in [1.82, 2.24) is 10.2 Å². The van der Waals surface area contributed by atoms with Gasteiger partial charge in [0.1, 0.15) is 24.2 Å². The van der Waals surface area contributed by atoms with Crippen LogP contribution >= 0.6 is 11.6 Å². The Balaban J connectivity index is 1.72. The maximum atomic E-state index is 14.2. The summed E-state index contributed by atoms with van der Waals surface area (Å²) in [5.74, 6) is -1.03. The predicted octanol–water partition coefficient (Wildman–Crippen LogP) is 5.94. The maximum absolute atomic E-state index is 14.2. The lowest BCUT2D eigenvalue weighted by molar-refractivity contribution is -0.140. The number of hydrogen-bond acceptors (Lipinski definition) is 5. The van der Waals surface area contributed by atoms with Crippen LogP contribution in [0, 0.1) is 5.82 Å². The molecular weight excluding hydrogens is 593 g/mol. The Labute approximate surface area is 257 Å². The quantitative estimate of drug-likeness (QED) is 0.268. The number of anilines is 1. The van der Waals surface area contributed by atoms with Gasteiger partial charge < -0.3 is 15.0 Å². The monoisotopic (exact) mass is 629 g/mol. The molecule has 1 saturated carbocycles. The van der Waals surface area contributed by atoms with Crippen molar-refractivity contribution in [3.63, 3.8) is 0 Å². The van der Waals surface area contributed by atoms with Gasteiger partial charge in [0.05, 0.1) is 22.7 Å². The molecule has 0 aliphatic heterocycles. The van der Waals surface area contributed by atoms with Gasteiger partial charge in [-0.2, -0.15) is 0 Å². The third-order valence-electron chi connectivity index (χ3n) is 7.63. The fourth-order valence-electron chi connectivity index (χ4n) is 5.32. The van der Waals surface area contributed by atoms with Crippen molar-refractivity contribution in [2.24, 2.45) is 0 Å². The van der Waals surface area contributed by atoms with Gasteiger partial charge in [-0.25, -0.2) is 12.8 Å². The Bertz CT molecular complexity index is 1520. The van der Waals surface area contributed by atoms with Gasteiger partial charge in [-0.15, -0.1) is 0 Å². The van der Waals surface area contributed by atoms with Crippen molar-refractivity contribution in [2.75, 3.05) is 18.0 Å². The molecule has 3 aromatic carbocycles. The van der Waals surface area contributed by atoms with E-state index in [1.807, 2.05) is 13.0 Å². The predicted molar refractivity (Wildman–Crippen MR) is 165 cm³/mol. The minimum atomic E-state index is -4.29. The van der Waals surface area contributed by atoms with E-state index in [1.165, 1.54) is 36.3 Å². The van der Waals surface area contributed by atoms with Gasteiger partial charge in [-0.1, -0.05) is 68.1 Å². The fourth-order valence-corrected chi connectivity index (χ4v) is 6.92. The van der Waals surface area contributed by atoms with Gasteiger partial charge in [0.15, 0.2) is 0 Å². The van der Waals surface area contributed by atoms with Crippen molar-refractivity contribution >= 4 is 39.1 Å². The largest absolute Gasteiger partial charge is 0.497 e. The number of rotatable bonds is 12. The number of methoxy groups -OCH3 is 1. The molecule has 0 spiro atoms. The van der Waals surface area contributed by atoms with Gasteiger partial charge in [-0.05, 0) is 67.3 Å². The van der Waals surface area contributed by atoms with Crippen LogP contribution in [-0.2, 0) is 26.2 Å². The van der Waals surface area contributed by atoms with Gasteiger partial charge in [0.25, 0.3) is 10.0 Å². The summed E-state index contributed by atoms with van der Waals surface area (Å²) in [6.07, 6.45) is 5.24. The number of nitrogens with one attached hydrogen (secondary N) is 1. The molecule has 0 saturated heterocycles. The van der Waals surface area contributed by atoms with E-state index in [2.05, 4.69) is 5.32 Å². The van der Waals surface area contributed by atoms with E-state index < -0.39 is 34.3 Å². The van der Waals surface area contributed by atoms with Gasteiger partial charge in [0, 0.05) is 12.6 Å². The van der Waals surface area contributed by atoms with Crippen LogP contribution in [-0.4, -0.2) is 50.9 Å². The Kier molecular flexibility index (Phi) is 11.0. The summed E-state index contributed by atoms with van der Waals surface area (Å²) in [5, 5.41) is 2.83. The molecule has 1 N–H and O–H groups in total. The van der Waals surface area contributed by atoms with E-state index in [-0.39, 0.29) is 34.1 Å². The molecule has 230 valence electrons. The van der Waals surface area contributed by atoms with Crippen molar-refractivity contribution < 1.29 is 27.1 Å². The molecule has 4 rings (SSSR count). The van der Waals surface area contributed by atoms with Crippen LogP contribution in [0.1, 0.15) is 51.0 Å². The molecule has 1 aliphatic carbocycles. The second-order valence-electron chi connectivity index (χ2n) is 10.6. The second-order valence-corrected chi connectivity index (χ2v) is 12.8. The lowest BCUT2D eigenvalue weighted by Crippen LogP contribution is -2.54. The number of halogens is 2. The van der Waals surface area contributed by atoms with E-state index in [1.54, 1.807) is 36.4 Å². The standard InChI is InChI=1S/C32H37ClFN3O5S/c1-3-30(32(39)35-24-12-6-4-7-13-24)36(21-23-11-10-14-26(19-23)42-2)31(38)22-37(25-17-18-29(34)28(33)20-25)43(40,41)27-15-8-5-9-16-27/h5,8-11,14-20,24,30H,3-4,6-7,12-13,21-22H2,1-2H3,(H,35,39)/t30-/m1/s1. The first kappa shape index (κ1) is 32.3. The average molecular weight is 630 g/mol. The number of ether oxygens (including phenoxy) is 1. The molecule has 0 heterocycles. The summed E-state index contributed by atoms with van der Waals surface area (Å²) >= 11 is 6.04. The van der Waals surface area contributed by atoms with Crippen molar-refractivity contribution in [2.45, 2.75) is 69.0 Å². The Hall–Kier alpha value is -3.63. The maximum Gasteiger partial charge on any atom is 0.264 e. The average Bonchev–Trinajstić information content (AvgIpc) is 3.02. The zero-order valence-corrected chi connectivity index (χ0v) is 25.9. The lowest BCUT2D eigenvalue weighted by Gasteiger charge is -2.34. The molecule has 11 heteroatoms. The molecule has 0 unspecified atom stereocenters. The lowest BCUT2D eigenvalue weighted by atomic mass is 9.95. The molecule has 1 atom stereocenters. The molecule has 2 amide bonds. The van der Waals surface area contributed by atoms with E-state index in [9.17, 15) is 22.4 Å². The van der Waals surface area contributed by atoms with Crippen LogP contribution in [0.5, 0.6) is 5.75 Å². The van der Waals surface area contributed by atoms with Crippen LogP contribution in [0.4, 0.5) is 10.1 Å². The van der Waals surface area contributed by atoms with Crippen LogP contribution in [0.15, 0.2) is 77.7 Å². The smallest absolute Gasteiger partial charge is 0.264 e. The zero-order chi connectivity index (χ0) is 31.0. The van der Waals surface area contributed by atoms with Crippen molar-refractivity contribution in [1.29, 1.82) is 0 Å². The normalized spacial score (nSPS) is 14.5. The summed E-state index contributed by atoms with van der Waals surface area (Å²) < 4.78 is 48.1. The Morgan fingerprint density at radius 3 is 2.40 bits per heavy atom. The molecule has 0 bridgehead atoms. The molecule has 8 nitrogen and oxygen atoms in total. The molecule has 0 radical (unpaired) electrons. The third kappa shape index (κ3) is 8.06. The summed E-state index contributed by atoms with van der Waals surface area (Å²) in [6, 6.07) is 17.4. The van der Waals surface area contributed by atoms with Crippen molar-refractivity contribution in [3.05, 3.63) is 89.2 Å². The highest BCUT2D eigenvalue weighted by Gasteiger charge is 2.34. The summed E-state index contributed by atoms with van der Waals surface area (Å²) in [4.78, 5) is 29.2.